The summed E-state index contributed by atoms with van der Waals surface area (Å²) >= 11 is 1.32. The molecular weight excluding hydrogens is 226 g/mol. The number of methoxy groups -OCH3 is 1. The highest BCUT2D eigenvalue weighted by molar-refractivity contribution is 7.14. The van der Waals surface area contributed by atoms with E-state index in [-0.39, 0.29) is 6.10 Å². The summed E-state index contributed by atoms with van der Waals surface area (Å²) in [7, 11) is 1.67. The quantitative estimate of drug-likeness (QED) is 0.801. The van der Waals surface area contributed by atoms with E-state index in [2.05, 4.69) is 5.32 Å². The molecule has 0 fully saturated rings. The first-order chi connectivity index (χ1) is 7.54. The van der Waals surface area contributed by atoms with Crippen LogP contribution in [0.2, 0.25) is 0 Å². The highest BCUT2D eigenvalue weighted by atomic mass is 32.1. The number of aromatic carboxylic acids is 1. The van der Waals surface area contributed by atoms with Crippen molar-refractivity contribution in [3.8, 4) is 0 Å². The van der Waals surface area contributed by atoms with E-state index in [1.807, 2.05) is 13.8 Å². The van der Waals surface area contributed by atoms with E-state index in [0.717, 1.165) is 17.0 Å². The fourth-order valence-corrected chi connectivity index (χ4v) is 2.17. The number of hydrogen-bond donors (Lipinski definition) is 2. The van der Waals surface area contributed by atoms with Crippen LogP contribution in [0.25, 0.3) is 0 Å². The molecule has 0 aromatic carbocycles. The van der Waals surface area contributed by atoms with Crippen molar-refractivity contribution >= 4 is 17.3 Å². The molecule has 16 heavy (non-hydrogen) atoms. The highest BCUT2D eigenvalue weighted by Crippen LogP contribution is 2.21. The summed E-state index contributed by atoms with van der Waals surface area (Å²) in [5.41, 5.74) is 1.05. The van der Waals surface area contributed by atoms with Crippen LogP contribution < -0.4 is 5.32 Å². The number of ether oxygens (including phenoxy) is 1. The number of rotatable bonds is 6. The Balaban J connectivity index is 2.51. The van der Waals surface area contributed by atoms with E-state index in [0.29, 0.717) is 11.4 Å². The van der Waals surface area contributed by atoms with E-state index < -0.39 is 5.97 Å². The Hall–Kier alpha value is -0.910. The lowest BCUT2D eigenvalue weighted by molar-refractivity contribution is 0.0702. The molecule has 1 unspecified atom stereocenters. The average Bonchev–Trinajstić information content (AvgIpc) is 2.60. The van der Waals surface area contributed by atoms with Crippen LogP contribution in [0.15, 0.2) is 6.07 Å². The van der Waals surface area contributed by atoms with E-state index in [9.17, 15) is 4.79 Å². The number of carboxylic acids is 1. The fraction of sp³-hybridized carbons (Fsp3) is 0.545. The van der Waals surface area contributed by atoms with E-state index in [1.54, 1.807) is 13.2 Å². The van der Waals surface area contributed by atoms with E-state index in [1.165, 1.54) is 11.3 Å². The van der Waals surface area contributed by atoms with Crippen LogP contribution in [0.3, 0.4) is 0 Å². The molecule has 0 aliphatic carbocycles. The smallest absolute Gasteiger partial charge is 0.345 e. The largest absolute Gasteiger partial charge is 0.477 e. The molecule has 1 aromatic heterocycles. The van der Waals surface area contributed by atoms with Gasteiger partial charge in [-0.05, 0) is 25.5 Å². The molecule has 4 nitrogen and oxygen atoms in total. The summed E-state index contributed by atoms with van der Waals surface area (Å²) in [6, 6.07) is 1.73. The minimum Gasteiger partial charge on any atom is -0.477 e. The molecule has 0 aliphatic heterocycles. The second-order valence-electron chi connectivity index (χ2n) is 3.67. The van der Waals surface area contributed by atoms with Crippen molar-refractivity contribution in [2.45, 2.75) is 26.5 Å². The number of aryl methyl sites for hydroxylation is 1. The number of nitrogens with one attached hydrogen (secondary N) is 1. The van der Waals surface area contributed by atoms with Gasteiger partial charge in [0.15, 0.2) is 0 Å². The maximum atomic E-state index is 10.8. The summed E-state index contributed by atoms with van der Waals surface area (Å²) in [5.74, 6) is -0.857. The first kappa shape index (κ1) is 13.2. The molecule has 0 bridgehead atoms. The van der Waals surface area contributed by atoms with Crippen LogP contribution in [0.5, 0.6) is 0 Å². The van der Waals surface area contributed by atoms with Crippen molar-refractivity contribution in [2.75, 3.05) is 13.7 Å². The number of hydrogen-bond acceptors (Lipinski definition) is 4. The van der Waals surface area contributed by atoms with Gasteiger partial charge in [0.25, 0.3) is 0 Å². The van der Waals surface area contributed by atoms with Gasteiger partial charge < -0.3 is 15.2 Å². The van der Waals surface area contributed by atoms with Gasteiger partial charge in [-0.2, -0.15) is 0 Å². The maximum absolute atomic E-state index is 10.8. The Morgan fingerprint density at radius 2 is 2.38 bits per heavy atom. The summed E-state index contributed by atoms with van der Waals surface area (Å²) < 4.78 is 5.11. The van der Waals surface area contributed by atoms with Crippen molar-refractivity contribution in [2.24, 2.45) is 0 Å². The first-order valence-electron chi connectivity index (χ1n) is 5.10. The molecule has 1 heterocycles. The van der Waals surface area contributed by atoms with Gasteiger partial charge >= 0.3 is 5.97 Å². The normalized spacial score (nSPS) is 12.7. The summed E-state index contributed by atoms with van der Waals surface area (Å²) in [6.07, 6.45) is 0.165. The van der Waals surface area contributed by atoms with Gasteiger partial charge in [0.2, 0.25) is 0 Å². The Bertz CT molecular complexity index is 362. The molecule has 0 radical (unpaired) electrons. The molecule has 1 aromatic rings. The van der Waals surface area contributed by atoms with Gasteiger partial charge in [-0.25, -0.2) is 4.79 Å². The molecule has 90 valence electrons. The van der Waals surface area contributed by atoms with Crippen molar-refractivity contribution in [1.29, 1.82) is 0 Å². The zero-order valence-corrected chi connectivity index (χ0v) is 10.6. The maximum Gasteiger partial charge on any atom is 0.345 e. The Kier molecular flexibility index (Phi) is 4.92. The SMILES string of the molecule is COC(C)CNCc1cc(C(=O)O)sc1C. The van der Waals surface area contributed by atoms with Crippen molar-refractivity contribution in [3.63, 3.8) is 0 Å². The summed E-state index contributed by atoms with van der Waals surface area (Å²) in [6.45, 7) is 5.36. The van der Waals surface area contributed by atoms with Crippen molar-refractivity contribution in [3.05, 3.63) is 21.4 Å². The van der Waals surface area contributed by atoms with E-state index in [4.69, 9.17) is 9.84 Å². The average molecular weight is 243 g/mol. The highest BCUT2D eigenvalue weighted by Gasteiger charge is 2.10. The lowest BCUT2D eigenvalue weighted by atomic mass is 10.2. The lowest BCUT2D eigenvalue weighted by Crippen LogP contribution is -2.25. The second-order valence-corrected chi connectivity index (χ2v) is 4.93. The third-order valence-corrected chi connectivity index (χ3v) is 3.46. The molecule has 0 amide bonds. The zero-order chi connectivity index (χ0) is 12.1. The van der Waals surface area contributed by atoms with Crippen LogP contribution in [-0.4, -0.2) is 30.8 Å². The minimum atomic E-state index is -0.857. The number of thiophene rings is 1. The fourth-order valence-electron chi connectivity index (χ4n) is 1.29. The monoisotopic (exact) mass is 243 g/mol. The molecule has 1 rings (SSSR count). The standard InChI is InChI=1S/C11H17NO3S/c1-7(15-3)5-12-6-9-4-10(11(13)14)16-8(9)2/h4,7,12H,5-6H2,1-3H3,(H,13,14). The van der Waals surface area contributed by atoms with Crippen molar-refractivity contribution < 1.29 is 14.6 Å². The predicted octanol–water partition coefficient (Wildman–Crippen LogP) is 1.88. The van der Waals surface area contributed by atoms with Gasteiger partial charge in [0, 0.05) is 25.1 Å². The molecule has 2 N–H and O–H groups in total. The third kappa shape index (κ3) is 3.59. The summed E-state index contributed by atoms with van der Waals surface area (Å²) in [4.78, 5) is 12.2. The first-order valence-corrected chi connectivity index (χ1v) is 5.92. The van der Waals surface area contributed by atoms with Gasteiger partial charge in [-0.1, -0.05) is 0 Å². The molecule has 5 heteroatoms. The third-order valence-electron chi connectivity index (χ3n) is 2.38. The Labute approximate surface area is 99.2 Å². The minimum absolute atomic E-state index is 0.165. The molecule has 0 saturated carbocycles. The lowest BCUT2D eigenvalue weighted by Gasteiger charge is -2.10. The predicted molar refractivity (Wildman–Crippen MR) is 64.2 cm³/mol. The van der Waals surface area contributed by atoms with Gasteiger partial charge in [0.05, 0.1) is 6.10 Å². The van der Waals surface area contributed by atoms with Gasteiger partial charge in [0.1, 0.15) is 4.88 Å². The molecule has 0 saturated heterocycles. The number of carbonyl (C=O) groups is 1. The van der Waals surface area contributed by atoms with Crippen LogP contribution in [0, 0.1) is 6.92 Å². The Morgan fingerprint density at radius 1 is 1.69 bits per heavy atom. The topological polar surface area (TPSA) is 58.6 Å². The van der Waals surface area contributed by atoms with Crippen LogP contribution in [0.1, 0.15) is 27.0 Å². The van der Waals surface area contributed by atoms with Gasteiger partial charge in [-0.15, -0.1) is 11.3 Å². The van der Waals surface area contributed by atoms with Crippen LogP contribution >= 0.6 is 11.3 Å². The second kappa shape index (κ2) is 5.98. The number of carboxylic acid groups (broad SMARTS) is 1. The Morgan fingerprint density at radius 3 is 2.88 bits per heavy atom. The summed E-state index contributed by atoms with van der Waals surface area (Å²) in [5, 5.41) is 12.1. The molecular formula is C11H17NO3S. The zero-order valence-electron chi connectivity index (χ0n) is 9.74. The molecule has 0 aliphatic rings. The van der Waals surface area contributed by atoms with E-state index >= 15 is 0 Å². The molecule has 0 spiro atoms. The van der Waals surface area contributed by atoms with Crippen LogP contribution in [0.4, 0.5) is 0 Å². The van der Waals surface area contributed by atoms with Crippen LogP contribution in [-0.2, 0) is 11.3 Å². The van der Waals surface area contributed by atoms with Gasteiger partial charge in [-0.3, -0.25) is 0 Å². The molecule has 1 atom stereocenters. The van der Waals surface area contributed by atoms with Crippen molar-refractivity contribution in [1.82, 2.24) is 5.32 Å².